The maximum absolute atomic E-state index is 15.9. The smallest absolute Gasteiger partial charge is 0.308 e. The van der Waals surface area contributed by atoms with E-state index in [9.17, 15) is 0 Å². The van der Waals surface area contributed by atoms with Crippen LogP contribution in [0.4, 0.5) is 26.3 Å². The molecule has 0 atom stereocenters. The van der Waals surface area contributed by atoms with Crippen molar-refractivity contribution in [3.63, 3.8) is 0 Å². The number of aromatic nitrogens is 1. The van der Waals surface area contributed by atoms with Crippen LogP contribution in [0.2, 0.25) is 0 Å². The molecule has 0 aliphatic rings. The second-order valence-electron chi connectivity index (χ2n) is 19.7. The molecule has 0 aliphatic heterocycles. The first-order valence-corrected chi connectivity index (χ1v) is 26.3. The van der Waals surface area contributed by atoms with E-state index in [-0.39, 0.29) is 27.8 Å². The number of fused-ring (bicyclic) bond motifs is 10. The summed E-state index contributed by atoms with van der Waals surface area (Å²) >= 11 is 3.39. The summed E-state index contributed by atoms with van der Waals surface area (Å²) in [5.74, 6) is -0.899. The molecule has 3 heterocycles. The van der Waals surface area contributed by atoms with Gasteiger partial charge < -0.3 is 4.57 Å². The third kappa shape index (κ3) is 7.57. The number of para-hydroxylation sites is 1. The molecule has 0 saturated heterocycles. The Morgan fingerprint density at radius 1 is 0.432 bits per heavy atom. The van der Waals surface area contributed by atoms with E-state index in [0.717, 1.165) is 91.8 Å². The molecule has 9 heteroatoms. The summed E-state index contributed by atoms with van der Waals surface area (Å²) in [6, 6.07) is 51.8. The number of hydrogen-bond acceptors (Lipinski definition) is 2. The van der Waals surface area contributed by atoms with Crippen molar-refractivity contribution in [3.05, 3.63) is 209 Å². The first kappa shape index (κ1) is 47.5. The molecule has 3 aromatic heterocycles. The Balaban J connectivity index is 1.29. The van der Waals surface area contributed by atoms with Gasteiger partial charge in [0, 0.05) is 51.1 Å². The van der Waals surface area contributed by atoms with Crippen molar-refractivity contribution < 1.29 is 26.3 Å². The number of benzene rings is 9. The average molecular weight is 1020 g/mol. The Kier molecular flexibility index (Phi) is 11.5. The zero-order chi connectivity index (χ0) is 51.4. The SMILES string of the molecule is Cc1c(-c2ccccc2/C=C\c2c(-c3ccccc3C(F)(F)F)c(C(C)C)c(-n3c4ccccc4c4ccc5sc6ccccc6c5c43)c(C(C)C)c2-c2ccccc2C(F)(F)F)ccc2sc3ccccc3c12. The highest BCUT2D eigenvalue weighted by Crippen LogP contribution is 2.55. The van der Waals surface area contributed by atoms with Crippen LogP contribution in [0.25, 0.3) is 113 Å². The van der Waals surface area contributed by atoms with E-state index in [1.807, 2.05) is 107 Å². The van der Waals surface area contributed by atoms with E-state index in [1.165, 1.54) is 29.0 Å². The quantitative estimate of drug-likeness (QED) is 0.106. The molecule has 0 N–H and O–H groups in total. The molecule has 0 amide bonds. The Bertz CT molecular complexity index is 4160. The van der Waals surface area contributed by atoms with E-state index in [2.05, 4.69) is 60.0 Å². The second-order valence-corrected chi connectivity index (χ2v) is 21.8. The van der Waals surface area contributed by atoms with Crippen LogP contribution in [-0.4, -0.2) is 4.57 Å². The number of rotatable bonds is 8. The summed E-state index contributed by atoms with van der Waals surface area (Å²) in [5.41, 5.74) is 5.84. The molecule has 0 bridgehead atoms. The summed E-state index contributed by atoms with van der Waals surface area (Å²) in [7, 11) is 0. The Labute approximate surface area is 432 Å². The predicted molar refractivity (Wildman–Crippen MR) is 301 cm³/mol. The standard InChI is InChI=1S/C65H47F6NS2/c1-36(2)56-59(44-21-8-13-25-49(44)64(66,67)68)48(31-30-39-18-6-7-19-41(39)40-32-34-54-58(38(40)5)46-23-11-16-28-52(46)73-54)60(45-22-9-14-26-50(45)65(69,70)71)57(37(3)4)63(56)72-51-27-15-10-20-42(51)43-33-35-55-61(62(43)72)47-24-12-17-29-53(47)74-55/h6-37H,1-5H3/b31-30-. The van der Waals surface area contributed by atoms with Gasteiger partial charge in [-0.1, -0.05) is 167 Å². The minimum absolute atomic E-state index is 0.114. The largest absolute Gasteiger partial charge is 0.417 e. The minimum atomic E-state index is -4.82. The molecular weight excluding hydrogens is 973 g/mol. The van der Waals surface area contributed by atoms with Crippen LogP contribution >= 0.6 is 22.7 Å². The minimum Gasteiger partial charge on any atom is -0.308 e. The fraction of sp³-hybridized carbons (Fsp3) is 0.138. The van der Waals surface area contributed by atoms with Gasteiger partial charge in [0.15, 0.2) is 0 Å². The lowest BCUT2D eigenvalue weighted by atomic mass is 9.75. The Morgan fingerprint density at radius 3 is 1.49 bits per heavy atom. The van der Waals surface area contributed by atoms with Crippen LogP contribution in [0.5, 0.6) is 0 Å². The maximum atomic E-state index is 15.9. The zero-order valence-corrected chi connectivity index (χ0v) is 42.6. The van der Waals surface area contributed by atoms with E-state index in [1.54, 1.807) is 40.9 Å². The van der Waals surface area contributed by atoms with Crippen LogP contribution in [0.15, 0.2) is 170 Å². The van der Waals surface area contributed by atoms with Crippen LogP contribution in [0, 0.1) is 6.92 Å². The number of alkyl halides is 6. The molecule has 74 heavy (non-hydrogen) atoms. The molecule has 0 fully saturated rings. The Hall–Kier alpha value is -7.46. The van der Waals surface area contributed by atoms with Crippen LogP contribution < -0.4 is 0 Å². The van der Waals surface area contributed by atoms with E-state index < -0.39 is 35.3 Å². The van der Waals surface area contributed by atoms with Crippen LogP contribution in [0.1, 0.15) is 78.5 Å². The molecule has 12 aromatic rings. The first-order chi connectivity index (χ1) is 35.6. The van der Waals surface area contributed by atoms with Crippen LogP contribution in [0.3, 0.4) is 0 Å². The summed E-state index contributed by atoms with van der Waals surface area (Å²) in [5, 5.41) is 6.14. The number of aryl methyl sites for hydroxylation is 1. The number of thiophene rings is 2. The van der Waals surface area contributed by atoms with Gasteiger partial charge in [0.05, 0.1) is 27.8 Å². The van der Waals surface area contributed by atoms with Gasteiger partial charge in [-0.05, 0) is 122 Å². The van der Waals surface area contributed by atoms with Gasteiger partial charge in [-0.15, -0.1) is 22.7 Å². The second kappa shape index (κ2) is 17.9. The van der Waals surface area contributed by atoms with Crippen molar-refractivity contribution in [2.45, 2.75) is 58.8 Å². The Morgan fingerprint density at radius 2 is 0.905 bits per heavy atom. The van der Waals surface area contributed by atoms with Gasteiger partial charge in [-0.25, -0.2) is 0 Å². The molecule has 0 unspecified atom stereocenters. The summed E-state index contributed by atoms with van der Waals surface area (Å²) in [6.45, 7) is 10.0. The molecule has 0 radical (unpaired) electrons. The molecule has 366 valence electrons. The molecule has 1 nitrogen and oxygen atoms in total. The topological polar surface area (TPSA) is 4.93 Å². The van der Waals surface area contributed by atoms with Gasteiger partial charge in [-0.3, -0.25) is 0 Å². The van der Waals surface area contributed by atoms with E-state index >= 15 is 26.3 Å². The first-order valence-electron chi connectivity index (χ1n) is 24.7. The van der Waals surface area contributed by atoms with Gasteiger partial charge >= 0.3 is 12.4 Å². The monoisotopic (exact) mass is 1020 g/mol. The highest BCUT2D eigenvalue weighted by atomic mass is 32.1. The van der Waals surface area contributed by atoms with Crippen LogP contribution in [-0.2, 0) is 12.4 Å². The number of hydrogen-bond donors (Lipinski definition) is 0. The molecule has 0 aliphatic carbocycles. The van der Waals surface area contributed by atoms with Gasteiger partial charge in [-0.2, -0.15) is 26.3 Å². The summed E-state index contributed by atoms with van der Waals surface area (Å²) in [6.07, 6.45) is -5.98. The van der Waals surface area contributed by atoms with Crippen molar-refractivity contribution in [2.24, 2.45) is 0 Å². The van der Waals surface area contributed by atoms with E-state index in [0.29, 0.717) is 16.8 Å². The van der Waals surface area contributed by atoms with Crippen molar-refractivity contribution in [3.8, 4) is 39.1 Å². The summed E-state index contributed by atoms with van der Waals surface area (Å²) in [4.78, 5) is 0. The number of nitrogens with zero attached hydrogens (tertiary/aromatic N) is 1. The molecule has 0 saturated carbocycles. The van der Waals surface area contributed by atoms with Crippen molar-refractivity contribution in [1.82, 2.24) is 4.57 Å². The van der Waals surface area contributed by atoms with Gasteiger partial charge in [0.25, 0.3) is 0 Å². The van der Waals surface area contributed by atoms with Gasteiger partial charge in [0.2, 0.25) is 0 Å². The molecule has 12 rings (SSSR count). The van der Waals surface area contributed by atoms with Gasteiger partial charge in [0.1, 0.15) is 0 Å². The van der Waals surface area contributed by atoms with Crippen molar-refractivity contribution in [1.29, 1.82) is 0 Å². The maximum Gasteiger partial charge on any atom is 0.417 e. The van der Waals surface area contributed by atoms with Crippen molar-refractivity contribution in [2.75, 3.05) is 0 Å². The van der Waals surface area contributed by atoms with Crippen molar-refractivity contribution >= 4 is 97.0 Å². The number of halogens is 6. The average Bonchev–Trinajstić information content (AvgIpc) is 4.09. The highest BCUT2D eigenvalue weighted by molar-refractivity contribution is 7.26. The predicted octanol–water partition coefficient (Wildman–Crippen LogP) is 21.3. The third-order valence-electron chi connectivity index (χ3n) is 14.6. The molecule has 9 aromatic carbocycles. The fourth-order valence-corrected chi connectivity index (χ4v) is 13.9. The summed E-state index contributed by atoms with van der Waals surface area (Å²) < 4.78 is 102. The normalized spacial score (nSPS) is 12.7. The van der Waals surface area contributed by atoms with E-state index in [4.69, 9.17) is 0 Å². The fourth-order valence-electron chi connectivity index (χ4n) is 11.6. The molecular formula is C65H47F6NS2. The molecule has 0 spiro atoms. The lowest BCUT2D eigenvalue weighted by Crippen LogP contribution is -2.16. The highest BCUT2D eigenvalue weighted by Gasteiger charge is 2.40. The third-order valence-corrected chi connectivity index (χ3v) is 16.9. The zero-order valence-electron chi connectivity index (χ0n) is 41.0. The lowest BCUT2D eigenvalue weighted by Gasteiger charge is -2.32. The lowest BCUT2D eigenvalue weighted by molar-refractivity contribution is -0.137.